The summed E-state index contributed by atoms with van der Waals surface area (Å²) in [4.78, 5) is 26.8. The number of imidazole rings is 1. The largest absolute Gasteiger partial charge is 0.433 e. The van der Waals surface area contributed by atoms with Gasteiger partial charge >= 0.3 is 6.18 Å². The summed E-state index contributed by atoms with van der Waals surface area (Å²) in [5, 5.41) is 0. The number of carbonyl (C=O) groups is 1. The van der Waals surface area contributed by atoms with Crippen LogP contribution in [0, 0.1) is 0 Å². The zero-order valence-electron chi connectivity index (χ0n) is 17.0. The molecule has 2 aromatic heterocycles. The molecule has 31 heavy (non-hydrogen) atoms. The first-order chi connectivity index (χ1) is 14.8. The molecule has 1 aliphatic rings. The number of carbonyl (C=O) groups excluding carboxylic acids is 1. The lowest BCUT2D eigenvalue weighted by Gasteiger charge is -2.17. The van der Waals surface area contributed by atoms with Crippen LogP contribution >= 0.6 is 0 Å². The van der Waals surface area contributed by atoms with Crippen molar-refractivity contribution in [2.75, 3.05) is 13.1 Å². The van der Waals surface area contributed by atoms with Gasteiger partial charge in [0.1, 0.15) is 11.5 Å². The molecule has 6 nitrogen and oxygen atoms in total. The fourth-order valence-corrected chi connectivity index (χ4v) is 3.76. The van der Waals surface area contributed by atoms with E-state index in [4.69, 9.17) is 0 Å². The first kappa shape index (κ1) is 21.0. The van der Waals surface area contributed by atoms with Crippen molar-refractivity contribution in [1.29, 1.82) is 0 Å². The molecule has 0 N–H and O–H groups in total. The van der Waals surface area contributed by atoms with E-state index in [1.807, 2.05) is 29.0 Å². The number of hydrogen-bond acceptors (Lipinski definition) is 4. The van der Waals surface area contributed by atoms with Gasteiger partial charge in [-0.1, -0.05) is 19.1 Å². The molecule has 0 spiro atoms. The molecule has 1 saturated heterocycles. The van der Waals surface area contributed by atoms with Crippen LogP contribution in [0.2, 0.25) is 0 Å². The molecule has 9 heteroatoms. The molecule has 0 bridgehead atoms. The molecule has 1 atom stereocenters. The normalized spacial score (nSPS) is 16.6. The summed E-state index contributed by atoms with van der Waals surface area (Å²) < 4.78 is 41.5. The number of aromatic nitrogens is 4. The van der Waals surface area contributed by atoms with Crippen molar-refractivity contribution < 1.29 is 18.0 Å². The highest BCUT2D eigenvalue weighted by Gasteiger charge is 2.36. The Morgan fingerprint density at radius 1 is 1.23 bits per heavy atom. The Labute approximate surface area is 177 Å². The Morgan fingerprint density at radius 2 is 2.06 bits per heavy atom. The van der Waals surface area contributed by atoms with Gasteiger partial charge in [0.15, 0.2) is 0 Å². The summed E-state index contributed by atoms with van der Waals surface area (Å²) in [6.07, 6.45) is 1.64. The Balaban J connectivity index is 1.50. The van der Waals surface area contributed by atoms with E-state index in [0.717, 1.165) is 11.6 Å². The van der Waals surface area contributed by atoms with Crippen LogP contribution in [0.5, 0.6) is 0 Å². The Morgan fingerprint density at radius 3 is 2.77 bits per heavy atom. The maximum atomic E-state index is 13.2. The number of halogens is 3. The molecule has 1 aromatic carbocycles. The van der Waals surface area contributed by atoms with E-state index in [2.05, 4.69) is 15.0 Å². The lowest BCUT2D eigenvalue weighted by molar-refractivity contribution is -0.141. The molecule has 3 aromatic rings. The Bertz CT molecular complexity index is 1070. The quantitative estimate of drug-likeness (QED) is 0.617. The van der Waals surface area contributed by atoms with Crippen LogP contribution in [0.1, 0.15) is 52.4 Å². The third-order valence-corrected chi connectivity index (χ3v) is 5.39. The van der Waals surface area contributed by atoms with E-state index >= 15 is 0 Å². The summed E-state index contributed by atoms with van der Waals surface area (Å²) in [7, 11) is 0. The van der Waals surface area contributed by atoms with Gasteiger partial charge in [-0.15, -0.1) is 0 Å². The van der Waals surface area contributed by atoms with Crippen molar-refractivity contribution in [3.63, 3.8) is 0 Å². The second-order valence-corrected chi connectivity index (χ2v) is 7.63. The molecule has 0 unspecified atom stereocenters. The summed E-state index contributed by atoms with van der Waals surface area (Å²) in [6, 6.07) is 8.35. The highest BCUT2D eigenvalue weighted by molar-refractivity contribution is 5.94. The molecule has 1 amide bonds. The maximum absolute atomic E-state index is 13.2. The van der Waals surface area contributed by atoms with Crippen LogP contribution in [-0.4, -0.2) is 43.4 Å². The fraction of sp³-hybridized carbons (Fsp3) is 0.364. The van der Waals surface area contributed by atoms with Crippen molar-refractivity contribution in [2.45, 2.75) is 38.4 Å². The lowest BCUT2D eigenvalue weighted by Crippen LogP contribution is -2.29. The standard InChI is InChI=1S/C22H22F3N5O/c1-2-18-11-19(22(23,24)25)28-20(27-18)17-6-8-30(13-17)21(31)16-5-3-4-15(10-16)12-29-9-7-26-14-29/h3-5,7,9-11,14,17H,2,6,8,12-13H2,1H3/t17-/m1/s1. The average molecular weight is 429 g/mol. The molecule has 0 radical (unpaired) electrons. The highest BCUT2D eigenvalue weighted by Crippen LogP contribution is 2.31. The van der Waals surface area contributed by atoms with Gasteiger partial charge in [-0.05, 0) is 36.6 Å². The molecule has 0 aliphatic carbocycles. The summed E-state index contributed by atoms with van der Waals surface area (Å²) in [5.41, 5.74) is 0.950. The topological polar surface area (TPSA) is 63.9 Å². The summed E-state index contributed by atoms with van der Waals surface area (Å²) in [5.74, 6) is -0.292. The minimum atomic E-state index is -4.52. The smallest absolute Gasteiger partial charge is 0.338 e. The predicted octanol–water partition coefficient (Wildman–Crippen LogP) is 3.93. The number of likely N-dealkylation sites (tertiary alicyclic amines) is 1. The predicted molar refractivity (Wildman–Crippen MR) is 107 cm³/mol. The van der Waals surface area contributed by atoms with Gasteiger partial charge in [0, 0.05) is 49.2 Å². The van der Waals surface area contributed by atoms with Crippen molar-refractivity contribution in [3.8, 4) is 0 Å². The first-order valence-corrected chi connectivity index (χ1v) is 10.1. The van der Waals surface area contributed by atoms with Crippen LogP contribution in [-0.2, 0) is 19.1 Å². The SMILES string of the molecule is CCc1cc(C(F)(F)F)nc([C@@H]2CCN(C(=O)c3cccc(Cn4ccnc4)c3)C2)n1. The van der Waals surface area contributed by atoms with Gasteiger partial charge in [-0.3, -0.25) is 4.79 Å². The second-order valence-electron chi connectivity index (χ2n) is 7.63. The van der Waals surface area contributed by atoms with Gasteiger partial charge in [0.05, 0.1) is 6.33 Å². The Kier molecular flexibility index (Phi) is 5.75. The van der Waals surface area contributed by atoms with Gasteiger partial charge in [0.25, 0.3) is 5.91 Å². The minimum absolute atomic E-state index is 0.141. The van der Waals surface area contributed by atoms with E-state index in [1.54, 1.807) is 30.4 Å². The number of benzene rings is 1. The summed E-state index contributed by atoms with van der Waals surface area (Å²) >= 11 is 0. The number of aryl methyl sites for hydroxylation is 1. The third-order valence-electron chi connectivity index (χ3n) is 5.39. The van der Waals surface area contributed by atoms with E-state index < -0.39 is 11.9 Å². The molecule has 162 valence electrons. The monoisotopic (exact) mass is 429 g/mol. The fourth-order valence-electron chi connectivity index (χ4n) is 3.76. The maximum Gasteiger partial charge on any atom is 0.433 e. The summed E-state index contributed by atoms with van der Waals surface area (Å²) in [6.45, 7) is 3.11. The third kappa shape index (κ3) is 4.76. The van der Waals surface area contributed by atoms with Gasteiger partial charge in [-0.2, -0.15) is 13.2 Å². The van der Waals surface area contributed by atoms with Crippen LogP contribution in [0.4, 0.5) is 13.2 Å². The number of nitrogens with zero attached hydrogens (tertiary/aromatic N) is 5. The zero-order chi connectivity index (χ0) is 22.0. The molecule has 4 rings (SSSR count). The van der Waals surface area contributed by atoms with Gasteiger partial charge in [0.2, 0.25) is 0 Å². The second kappa shape index (κ2) is 8.49. The van der Waals surface area contributed by atoms with Crippen molar-refractivity contribution in [1.82, 2.24) is 24.4 Å². The molecule has 3 heterocycles. The molecule has 0 saturated carbocycles. The average Bonchev–Trinajstić information content (AvgIpc) is 3.45. The molecule has 1 fully saturated rings. The van der Waals surface area contributed by atoms with Crippen LogP contribution in [0.15, 0.2) is 49.1 Å². The molecule has 1 aliphatic heterocycles. The number of rotatable bonds is 5. The number of alkyl halides is 3. The molecular formula is C22H22F3N5O. The number of hydrogen-bond donors (Lipinski definition) is 0. The minimum Gasteiger partial charge on any atom is -0.338 e. The highest BCUT2D eigenvalue weighted by atomic mass is 19.4. The van der Waals surface area contributed by atoms with Crippen LogP contribution in [0.25, 0.3) is 0 Å². The number of amides is 1. The van der Waals surface area contributed by atoms with Crippen molar-refractivity contribution in [2.24, 2.45) is 0 Å². The van der Waals surface area contributed by atoms with Crippen LogP contribution in [0.3, 0.4) is 0 Å². The first-order valence-electron chi connectivity index (χ1n) is 10.1. The lowest BCUT2D eigenvalue weighted by atomic mass is 10.1. The van der Waals surface area contributed by atoms with Crippen molar-refractivity contribution >= 4 is 5.91 Å². The van der Waals surface area contributed by atoms with Crippen molar-refractivity contribution in [3.05, 3.63) is 77.4 Å². The van der Waals surface area contributed by atoms with Gasteiger partial charge < -0.3 is 9.47 Å². The van der Waals surface area contributed by atoms with E-state index in [0.29, 0.717) is 43.7 Å². The zero-order valence-corrected chi connectivity index (χ0v) is 17.0. The van der Waals surface area contributed by atoms with E-state index in [9.17, 15) is 18.0 Å². The molecular weight excluding hydrogens is 407 g/mol. The van der Waals surface area contributed by atoms with Crippen LogP contribution < -0.4 is 0 Å². The van der Waals surface area contributed by atoms with Gasteiger partial charge in [-0.25, -0.2) is 15.0 Å². The van der Waals surface area contributed by atoms with E-state index in [-0.39, 0.29) is 17.6 Å². The Hall–Kier alpha value is -3.23. The van der Waals surface area contributed by atoms with E-state index in [1.165, 1.54) is 0 Å².